The first-order valence-corrected chi connectivity index (χ1v) is 9.54. The Bertz CT molecular complexity index is 562. The molecule has 1 aromatic heterocycles. The number of rotatable bonds is 5. The number of hydrogen-bond donors (Lipinski definition) is 1. The average molecular weight is 335 g/mol. The highest BCUT2D eigenvalue weighted by atomic mass is 32.1. The monoisotopic (exact) mass is 335 g/mol. The zero-order valence-corrected chi connectivity index (χ0v) is 14.5. The predicted octanol–water partition coefficient (Wildman–Crippen LogP) is 3.35. The quantitative estimate of drug-likeness (QED) is 0.897. The molecule has 126 valence electrons. The molecule has 0 saturated heterocycles. The molecule has 0 unspecified atom stereocenters. The van der Waals surface area contributed by atoms with Crippen LogP contribution in [0.1, 0.15) is 57.1 Å². The molecule has 2 aliphatic carbocycles. The SMILES string of the molecule is Cc1csc(NC(=O)CN(C(=O)C2CCC2)C2CCCCC2)n1. The first kappa shape index (κ1) is 16.4. The molecule has 0 radical (unpaired) electrons. The first-order chi connectivity index (χ1) is 11.1. The van der Waals surface area contributed by atoms with Crippen LogP contribution in [0.25, 0.3) is 0 Å². The topological polar surface area (TPSA) is 62.3 Å². The molecule has 2 amide bonds. The Balaban J connectivity index is 1.64. The van der Waals surface area contributed by atoms with Crippen LogP contribution in [0.15, 0.2) is 5.38 Å². The van der Waals surface area contributed by atoms with Gasteiger partial charge in [-0.15, -0.1) is 11.3 Å². The van der Waals surface area contributed by atoms with Crippen molar-refractivity contribution in [3.05, 3.63) is 11.1 Å². The third-order valence-electron chi connectivity index (χ3n) is 4.93. The van der Waals surface area contributed by atoms with Crippen LogP contribution in [0.4, 0.5) is 5.13 Å². The molecule has 1 aromatic rings. The normalized spacial score (nSPS) is 19.2. The van der Waals surface area contributed by atoms with Gasteiger partial charge in [0.25, 0.3) is 0 Å². The number of aryl methyl sites for hydroxylation is 1. The smallest absolute Gasteiger partial charge is 0.245 e. The largest absolute Gasteiger partial charge is 0.330 e. The van der Waals surface area contributed by atoms with Gasteiger partial charge in [0.05, 0.1) is 5.69 Å². The Morgan fingerprint density at radius 3 is 2.52 bits per heavy atom. The molecule has 0 bridgehead atoms. The van der Waals surface area contributed by atoms with Crippen LogP contribution in [0, 0.1) is 12.8 Å². The van der Waals surface area contributed by atoms with E-state index in [9.17, 15) is 9.59 Å². The van der Waals surface area contributed by atoms with Crippen LogP contribution in [-0.2, 0) is 9.59 Å². The van der Waals surface area contributed by atoms with E-state index in [1.165, 1.54) is 17.8 Å². The first-order valence-electron chi connectivity index (χ1n) is 8.66. The molecular formula is C17H25N3O2S. The number of carbonyl (C=O) groups excluding carboxylic acids is 2. The molecule has 1 N–H and O–H groups in total. The minimum atomic E-state index is -0.127. The summed E-state index contributed by atoms with van der Waals surface area (Å²) in [7, 11) is 0. The maximum absolute atomic E-state index is 12.7. The van der Waals surface area contributed by atoms with Crippen LogP contribution in [0.5, 0.6) is 0 Å². The van der Waals surface area contributed by atoms with E-state index < -0.39 is 0 Å². The molecular weight excluding hydrogens is 310 g/mol. The average Bonchev–Trinajstić information content (AvgIpc) is 2.89. The van der Waals surface area contributed by atoms with Gasteiger partial charge >= 0.3 is 0 Å². The van der Waals surface area contributed by atoms with Crippen molar-refractivity contribution in [2.45, 2.75) is 64.3 Å². The standard InChI is InChI=1S/C17H25N3O2S/c1-12-11-23-17(18-12)19-15(21)10-20(14-8-3-2-4-9-14)16(22)13-6-5-7-13/h11,13-14H,2-10H2,1H3,(H,18,19,21). The van der Waals surface area contributed by atoms with Gasteiger partial charge in [-0.1, -0.05) is 25.7 Å². The maximum Gasteiger partial charge on any atom is 0.245 e. The number of thiazole rings is 1. The van der Waals surface area contributed by atoms with E-state index in [4.69, 9.17) is 0 Å². The molecule has 0 atom stereocenters. The lowest BCUT2D eigenvalue weighted by Crippen LogP contribution is -2.49. The number of nitrogens with zero attached hydrogens (tertiary/aromatic N) is 2. The molecule has 1 heterocycles. The van der Waals surface area contributed by atoms with Gasteiger partial charge in [-0.2, -0.15) is 0 Å². The summed E-state index contributed by atoms with van der Waals surface area (Å²) in [6, 6.07) is 0.237. The van der Waals surface area contributed by atoms with Gasteiger partial charge in [-0.3, -0.25) is 9.59 Å². The van der Waals surface area contributed by atoms with Crippen molar-refractivity contribution < 1.29 is 9.59 Å². The van der Waals surface area contributed by atoms with Gasteiger partial charge < -0.3 is 10.2 Å². The Labute approximate surface area is 141 Å². The summed E-state index contributed by atoms with van der Waals surface area (Å²) >= 11 is 1.42. The zero-order chi connectivity index (χ0) is 16.2. The van der Waals surface area contributed by atoms with Crippen molar-refractivity contribution in [3.8, 4) is 0 Å². The Kier molecular flexibility index (Phi) is 5.30. The Morgan fingerprint density at radius 2 is 1.96 bits per heavy atom. The van der Waals surface area contributed by atoms with Crippen LogP contribution in [0.3, 0.4) is 0 Å². The summed E-state index contributed by atoms with van der Waals surface area (Å²) in [4.78, 5) is 31.2. The fraction of sp³-hybridized carbons (Fsp3) is 0.706. The van der Waals surface area contributed by atoms with Gasteiger partial charge in [0.15, 0.2) is 5.13 Å². The molecule has 6 heteroatoms. The minimum absolute atomic E-state index is 0.127. The van der Waals surface area contributed by atoms with Crippen molar-refractivity contribution in [2.75, 3.05) is 11.9 Å². The van der Waals surface area contributed by atoms with E-state index in [0.29, 0.717) is 5.13 Å². The number of aromatic nitrogens is 1. The second-order valence-electron chi connectivity index (χ2n) is 6.73. The number of nitrogens with one attached hydrogen (secondary N) is 1. The van der Waals surface area contributed by atoms with E-state index in [1.807, 2.05) is 17.2 Å². The van der Waals surface area contributed by atoms with E-state index in [2.05, 4.69) is 10.3 Å². The lowest BCUT2D eigenvalue weighted by molar-refractivity contribution is -0.143. The summed E-state index contributed by atoms with van der Waals surface area (Å²) in [5.41, 5.74) is 0.903. The third kappa shape index (κ3) is 4.10. The van der Waals surface area contributed by atoms with Crippen LogP contribution in [-0.4, -0.2) is 34.3 Å². The number of hydrogen-bond acceptors (Lipinski definition) is 4. The Hall–Kier alpha value is -1.43. The molecule has 2 saturated carbocycles. The van der Waals surface area contributed by atoms with Crippen molar-refractivity contribution in [1.82, 2.24) is 9.88 Å². The van der Waals surface area contributed by atoms with Gasteiger partial charge in [0, 0.05) is 17.3 Å². The fourth-order valence-electron chi connectivity index (χ4n) is 3.39. The van der Waals surface area contributed by atoms with Crippen LogP contribution >= 0.6 is 11.3 Å². The number of carbonyl (C=O) groups is 2. The predicted molar refractivity (Wildman–Crippen MR) is 91.4 cm³/mol. The van der Waals surface area contributed by atoms with E-state index in [-0.39, 0.29) is 30.3 Å². The second kappa shape index (κ2) is 7.43. The highest BCUT2D eigenvalue weighted by molar-refractivity contribution is 7.13. The van der Waals surface area contributed by atoms with Crippen molar-refractivity contribution in [3.63, 3.8) is 0 Å². The van der Waals surface area contributed by atoms with Gasteiger partial charge in [-0.25, -0.2) is 4.98 Å². The highest BCUT2D eigenvalue weighted by Crippen LogP contribution is 2.31. The van der Waals surface area contributed by atoms with E-state index >= 15 is 0 Å². The van der Waals surface area contributed by atoms with Crippen LogP contribution < -0.4 is 5.32 Å². The molecule has 2 fully saturated rings. The van der Waals surface area contributed by atoms with E-state index in [1.54, 1.807) is 0 Å². The molecule has 2 aliphatic rings. The van der Waals surface area contributed by atoms with Gasteiger partial charge in [0.2, 0.25) is 11.8 Å². The third-order valence-corrected chi connectivity index (χ3v) is 5.81. The minimum Gasteiger partial charge on any atom is -0.330 e. The number of anilines is 1. The lowest BCUT2D eigenvalue weighted by atomic mass is 9.83. The summed E-state index contributed by atoms with van der Waals surface area (Å²) in [6.45, 7) is 2.07. The summed E-state index contributed by atoms with van der Waals surface area (Å²) in [6.07, 6.45) is 8.72. The Morgan fingerprint density at radius 1 is 1.22 bits per heavy atom. The lowest BCUT2D eigenvalue weighted by Gasteiger charge is -2.38. The van der Waals surface area contributed by atoms with Gasteiger partial charge in [0.1, 0.15) is 6.54 Å². The highest BCUT2D eigenvalue weighted by Gasteiger charge is 2.34. The van der Waals surface area contributed by atoms with Crippen molar-refractivity contribution in [1.29, 1.82) is 0 Å². The zero-order valence-electron chi connectivity index (χ0n) is 13.7. The molecule has 5 nitrogen and oxygen atoms in total. The van der Waals surface area contributed by atoms with Crippen molar-refractivity contribution in [2.24, 2.45) is 5.92 Å². The maximum atomic E-state index is 12.7. The molecule has 23 heavy (non-hydrogen) atoms. The molecule has 3 rings (SSSR count). The summed E-state index contributed by atoms with van der Waals surface area (Å²) < 4.78 is 0. The fourth-order valence-corrected chi connectivity index (χ4v) is 4.10. The number of amides is 2. The molecule has 0 aliphatic heterocycles. The molecule has 0 spiro atoms. The van der Waals surface area contributed by atoms with Crippen LogP contribution in [0.2, 0.25) is 0 Å². The molecule has 0 aromatic carbocycles. The van der Waals surface area contributed by atoms with E-state index in [0.717, 1.165) is 50.6 Å². The summed E-state index contributed by atoms with van der Waals surface area (Å²) in [5, 5.41) is 5.37. The second-order valence-corrected chi connectivity index (χ2v) is 7.59. The van der Waals surface area contributed by atoms with Gasteiger partial charge in [-0.05, 0) is 32.6 Å². The summed E-state index contributed by atoms with van der Waals surface area (Å²) in [5.74, 6) is 0.207. The van der Waals surface area contributed by atoms with Crippen molar-refractivity contribution >= 4 is 28.3 Å².